The largest absolute Gasteiger partial charge is 0.504 e. The third kappa shape index (κ3) is 3.01. The molecule has 0 aliphatic heterocycles. The minimum Gasteiger partial charge on any atom is -0.504 e. The number of rotatable bonds is 5. The predicted molar refractivity (Wildman–Crippen MR) is 81.5 cm³/mol. The van der Waals surface area contributed by atoms with Crippen LogP contribution in [0.3, 0.4) is 0 Å². The topological polar surface area (TPSA) is 94.7 Å². The van der Waals surface area contributed by atoms with Gasteiger partial charge >= 0.3 is 5.97 Å². The smallest absolute Gasteiger partial charge is 0.341 e. The first kappa shape index (κ1) is 15.4. The summed E-state index contributed by atoms with van der Waals surface area (Å²) in [4.78, 5) is 14.4. The highest BCUT2D eigenvalue weighted by Crippen LogP contribution is 2.31. The SMILES string of the molecule is [C-]#[N+]c1cc(-n2ncc(C(=O)O)c2N)ccc1OCC(C)C. The van der Waals surface area contributed by atoms with E-state index in [1.54, 1.807) is 18.2 Å². The zero-order valence-electron chi connectivity index (χ0n) is 12.3. The van der Waals surface area contributed by atoms with E-state index in [0.29, 0.717) is 29.6 Å². The number of aromatic carboxylic acids is 1. The van der Waals surface area contributed by atoms with Gasteiger partial charge in [-0.3, -0.25) is 0 Å². The fourth-order valence-corrected chi connectivity index (χ4v) is 1.83. The molecule has 0 radical (unpaired) electrons. The molecule has 2 aromatic rings. The van der Waals surface area contributed by atoms with E-state index in [4.69, 9.17) is 22.1 Å². The van der Waals surface area contributed by atoms with Crippen LogP contribution < -0.4 is 10.5 Å². The van der Waals surface area contributed by atoms with E-state index < -0.39 is 5.97 Å². The van der Waals surface area contributed by atoms with Crippen LogP contribution in [-0.4, -0.2) is 27.5 Å². The maximum atomic E-state index is 11.0. The molecule has 0 bridgehead atoms. The first-order valence-electron chi connectivity index (χ1n) is 6.65. The van der Waals surface area contributed by atoms with Gasteiger partial charge in [-0.2, -0.15) is 5.10 Å². The lowest BCUT2D eigenvalue weighted by molar-refractivity contribution is 0.0698. The monoisotopic (exact) mass is 300 g/mol. The minimum atomic E-state index is -1.15. The number of anilines is 1. The average Bonchev–Trinajstić information content (AvgIpc) is 2.86. The van der Waals surface area contributed by atoms with Crippen molar-refractivity contribution in [2.24, 2.45) is 5.92 Å². The molecule has 0 saturated heterocycles. The summed E-state index contributed by atoms with van der Waals surface area (Å²) in [6, 6.07) is 4.91. The summed E-state index contributed by atoms with van der Waals surface area (Å²) in [5.41, 5.74) is 6.53. The summed E-state index contributed by atoms with van der Waals surface area (Å²) in [5.74, 6) is -0.305. The Labute approximate surface area is 127 Å². The van der Waals surface area contributed by atoms with Crippen molar-refractivity contribution in [1.29, 1.82) is 0 Å². The third-order valence-electron chi connectivity index (χ3n) is 2.92. The van der Waals surface area contributed by atoms with Crippen LogP contribution in [0.5, 0.6) is 5.75 Å². The van der Waals surface area contributed by atoms with Crippen LogP contribution in [-0.2, 0) is 0 Å². The molecule has 114 valence electrons. The van der Waals surface area contributed by atoms with Crippen molar-refractivity contribution in [1.82, 2.24) is 9.78 Å². The lowest BCUT2D eigenvalue weighted by Crippen LogP contribution is -2.07. The Morgan fingerprint density at radius 3 is 2.82 bits per heavy atom. The van der Waals surface area contributed by atoms with E-state index in [0.717, 1.165) is 0 Å². The Morgan fingerprint density at radius 1 is 1.55 bits per heavy atom. The van der Waals surface area contributed by atoms with Crippen molar-refractivity contribution in [3.05, 3.63) is 41.4 Å². The summed E-state index contributed by atoms with van der Waals surface area (Å²) in [6.07, 6.45) is 1.18. The second-order valence-electron chi connectivity index (χ2n) is 5.13. The van der Waals surface area contributed by atoms with Gasteiger partial charge in [-0.25, -0.2) is 14.3 Å². The highest BCUT2D eigenvalue weighted by Gasteiger charge is 2.16. The number of benzene rings is 1. The molecule has 0 unspecified atom stereocenters. The first-order chi connectivity index (χ1) is 10.4. The van der Waals surface area contributed by atoms with Crippen molar-refractivity contribution >= 4 is 17.5 Å². The van der Waals surface area contributed by atoms with Gasteiger partial charge in [0.05, 0.1) is 25.1 Å². The maximum absolute atomic E-state index is 11.0. The summed E-state index contributed by atoms with van der Waals surface area (Å²) < 4.78 is 6.87. The third-order valence-corrected chi connectivity index (χ3v) is 2.92. The molecule has 7 nitrogen and oxygen atoms in total. The molecule has 1 heterocycles. The number of hydrogen-bond acceptors (Lipinski definition) is 4. The Hall–Kier alpha value is -3.01. The van der Waals surface area contributed by atoms with Gasteiger partial charge in [-0.05, 0) is 24.1 Å². The number of nitrogens with two attached hydrogens (primary N) is 1. The molecule has 3 N–H and O–H groups in total. The van der Waals surface area contributed by atoms with Gasteiger partial charge in [-0.15, -0.1) is 0 Å². The Balaban J connectivity index is 2.38. The number of hydrogen-bond donors (Lipinski definition) is 2. The average molecular weight is 300 g/mol. The number of carboxylic acids is 1. The lowest BCUT2D eigenvalue weighted by Gasteiger charge is -2.12. The van der Waals surface area contributed by atoms with Gasteiger partial charge in [0.25, 0.3) is 0 Å². The Bertz CT molecular complexity index is 744. The molecular weight excluding hydrogens is 284 g/mol. The zero-order chi connectivity index (χ0) is 16.3. The summed E-state index contributed by atoms with van der Waals surface area (Å²) in [6.45, 7) is 11.8. The van der Waals surface area contributed by atoms with Crippen LogP contribution in [0.15, 0.2) is 24.4 Å². The molecule has 2 rings (SSSR count). The highest BCUT2D eigenvalue weighted by molar-refractivity contribution is 5.92. The molecule has 1 aromatic heterocycles. The second kappa shape index (κ2) is 6.18. The fourth-order valence-electron chi connectivity index (χ4n) is 1.83. The number of ether oxygens (including phenoxy) is 1. The van der Waals surface area contributed by atoms with Crippen molar-refractivity contribution in [2.45, 2.75) is 13.8 Å². The molecule has 0 aliphatic carbocycles. The molecule has 0 saturated carbocycles. The Kier molecular flexibility index (Phi) is 4.32. The molecule has 1 aromatic carbocycles. The van der Waals surface area contributed by atoms with Gasteiger partial charge in [0.1, 0.15) is 17.1 Å². The Morgan fingerprint density at radius 2 is 2.27 bits per heavy atom. The molecule has 7 heteroatoms. The van der Waals surface area contributed by atoms with Gasteiger partial charge in [-0.1, -0.05) is 13.8 Å². The molecule has 0 amide bonds. The normalized spacial score (nSPS) is 10.5. The molecule has 0 atom stereocenters. The van der Waals surface area contributed by atoms with Crippen LogP contribution in [0, 0.1) is 12.5 Å². The van der Waals surface area contributed by atoms with Crippen LogP contribution >= 0.6 is 0 Å². The van der Waals surface area contributed by atoms with Crippen molar-refractivity contribution in [3.63, 3.8) is 0 Å². The standard InChI is InChI=1S/C15H16N4O3/c1-9(2)8-22-13-5-4-10(6-12(13)17-3)19-14(16)11(7-18-19)15(20)21/h4-7,9H,8,16H2,1-2H3,(H,20,21). The summed E-state index contributed by atoms with van der Waals surface area (Å²) >= 11 is 0. The molecule has 0 aliphatic rings. The van der Waals surface area contributed by atoms with E-state index >= 15 is 0 Å². The second-order valence-corrected chi connectivity index (χ2v) is 5.13. The van der Waals surface area contributed by atoms with Crippen LogP contribution in [0.4, 0.5) is 11.5 Å². The van der Waals surface area contributed by atoms with E-state index in [1.807, 2.05) is 13.8 Å². The molecule has 0 fully saturated rings. The van der Waals surface area contributed by atoms with Crippen LogP contribution in [0.2, 0.25) is 0 Å². The van der Waals surface area contributed by atoms with Crippen molar-refractivity contribution < 1.29 is 14.6 Å². The van der Waals surface area contributed by atoms with Crippen LogP contribution in [0.25, 0.3) is 10.5 Å². The van der Waals surface area contributed by atoms with E-state index in [1.165, 1.54) is 10.9 Å². The number of carbonyl (C=O) groups is 1. The maximum Gasteiger partial charge on any atom is 0.341 e. The number of nitrogens with zero attached hydrogens (tertiary/aromatic N) is 3. The molecule has 0 spiro atoms. The van der Waals surface area contributed by atoms with Crippen molar-refractivity contribution in [3.8, 4) is 11.4 Å². The minimum absolute atomic E-state index is 0.0132. The van der Waals surface area contributed by atoms with Crippen molar-refractivity contribution in [2.75, 3.05) is 12.3 Å². The van der Waals surface area contributed by atoms with Gasteiger partial charge < -0.3 is 15.6 Å². The quantitative estimate of drug-likeness (QED) is 0.828. The molecular formula is C15H16N4O3. The fraction of sp³-hybridized carbons (Fsp3) is 0.267. The number of aromatic nitrogens is 2. The van der Waals surface area contributed by atoms with Crippen LogP contribution in [0.1, 0.15) is 24.2 Å². The van der Waals surface area contributed by atoms with E-state index in [-0.39, 0.29) is 11.4 Å². The number of nitrogen functional groups attached to an aromatic ring is 1. The highest BCUT2D eigenvalue weighted by atomic mass is 16.5. The lowest BCUT2D eigenvalue weighted by atomic mass is 10.2. The first-order valence-corrected chi connectivity index (χ1v) is 6.65. The molecule has 22 heavy (non-hydrogen) atoms. The predicted octanol–water partition coefficient (Wildman–Crippen LogP) is 2.74. The van der Waals surface area contributed by atoms with E-state index in [9.17, 15) is 4.79 Å². The van der Waals surface area contributed by atoms with Gasteiger partial charge in [0.2, 0.25) is 5.69 Å². The summed E-state index contributed by atoms with van der Waals surface area (Å²) in [7, 11) is 0. The van der Waals surface area contributed by atoms with E-state index in [2.05, 4.69) is 9.94 Å². The van der Waals surface area contributed by atoms with Gasteiger partial charge in [0.15, 0.2) is 0 Å². The number of carboxylic acid groups (broad SMARTS) is 1. The summed E-state index contributed by atoms with van der Waals surface area (Å²) in [5, 5.41) is 12.9. The zero-order valence-corrected chi connectivity index (χ0v) is 12.3. The van der Waals surface area contributed by atoms with Gasteiger partial charge in [0, 0.05) is 0 Å².